The Morgan fingerprint density at radius 3 is 2.49 bits per heavy atom. The van der Waals surface area contributed by atoms with Gasteiger partial charge in [-0.2, -0.15) is 5.10 Å². The molecule has 4 aromatic carbocycles. The van der Waals surface area contributed by atoms with Crippen molar-refractivity contribution in [2.24, 2.45) is 5.10 Å². The Balaban J connectivity index is 1.40. The van der Waals surface area contributed by atoms with Crippen LogP contribution in [0.1, 0.15) is 37.4 Å². The van der Waals surface area contributed by atoms with Crippen molar-refractivity contribution in [3.8, 4) is 0 Å². The van der Waals surface area contributed by atoms with E-state index in [4.69, 9.17) is 0 Å². The molecule has 0 spiro atoms. The van der Waals surface area contributed by atoms with Gasteiger partial charge in [-0.15, -0.1) is 11.8 Å². The first-order valence-corrected chi connectivity index (χ1v) is 13.1. The fourth-order valence-electron chi connectivity index (χ4n) is 3.46. The largest absolute Gasteiger partial charge is 0.321 e. The number of aryl methyl sites for hydroxylation is 1. The minimum Gasteiger partial charge on any atom is -0.321 e. The van der Waals surface area contributed by atoms with Crippen molar-refractivity contribution in [2.45, 2.75) is 17.6 Å². The SMILES string of the molecule is Cc1cccc(C=NNC(=O)c2cc(Br)ccc2NC(=O)c2ccc(CSc3cccc(F)c3)cc2)c1. The van der Waals surface area contributed by atoms with Crippen LogP contribution in [0.5, 0.6) is 0 Å². The van der Waals surface area contributed by atoms with E-state index in [2.05, 4.69) is 31.8 Å². The maximum atomic E-state index is 13.4. The van der Waals surface area contributed by atoms with Gasteiger partial charge in [-0.25, -0.2) is 9.82 Å². The summed E-state index contributed by atoms with van der Waals surface area (Å²) >= 11 is 4.89. The molecule has 0 heterocycles. The van der Waals surface area contributed by atoms with Gasteiger partial charge in [-0.05, 0) is 66.6 Å². The molecule has 186 valence electrons. The van der Waals surface area contributed by atoms with E-state index in [0.717, 1.165) is 21.6 Å². The maximum Gasteiger partial charge on any atom is 0.273 e. The average Bonchev–Trinajstić information content (AvgIpc) is 2.89. The van der Waals surface area contributed by atoms with E-state index in [9.17, 15) is 14.0 Å². The molecule has 0 aromatic heterocycles. The minimum atomic E-state index is -0.453. The van der Waals surface area contributed by atoms with Crippen LogP contribution in [0.3, 0.4) is 0 Å². The zero-order valence-corrected chi connectivity index (χ0v) is 22.3. The van der Waals surface area contributed by atoms with Crippen molar-refractivity contribution in [3.05, 3.63) is 129 Å². The molecule has 0 unspecified atom stereocenters. The fourth-order valence-corrected chi connectivity index (χ4v) is 4.72. The van der Waals surface area contributed by atoms with Crippen molar-refractivity contribution in [3.63, 3.8) is 0 Å². The number of carbonyl (C=O) groups is 2. The van der Waals surface area contributed by atoms with Gasteiger partial charge >= 0.3 is 0 Å². The van der Waals surface area contributed by atoms with Crippen molar-refractivity contribution in [1.82, 2.24) is 5.43 Å². The molecule has 2 amide bonds. The van der Waals surface area contributed by atoms with Gasteiger partial charge in [0.15, 0.2) is 0 Å². The second-order valence-electron chi connectivity index (χ2n) is 8.20. The number of hydrogen-bond donors (Lipinski definition) is 2. The van der Waals surface area contributed by atoms with Crippen LogP contribution in [0, 0.1) is 12.7 Å². The van der Waals surface area contributed by atoms with Gasteiger partial charge in [-0.1, -0.05) is 64.0 Å². The van der Waals surface area contributed by atoms with Gasteiger partial charge in [-0.3, -0.25) is 9.59 Å². The summed E-state index contributed by atoms with van der Waals surface area (Å²) in [6.45, 7) is 1.98. The highest BCUT2D eigenvalue weighted by atomic mass is 79.9. The van der Waals surface area contributed by atoms with Crippen LogP contribution in [-0.2, 0) is 5.75 Å². The van der Waals surface area contributed by atoms with Crippen LogP contribution in [0.4, 0.5) is 10.1 Å². The number of anilines is 1. The van der Waals surface area contributed by atoms with Crippen molar-refractivity contribution in [2.75, 3.05) is 5.32 Å². The molecule has 0 saturated carbocycles. The molecule has 4 aromatic rings. The standard InChI is InChI=1S/C29H23BrFN3O2S/c1-19-4-2-5-21(14-19)17-32-34-29(36)26-15-23(30)12-13-27(26)33-28(35)22-10-8-20(9-11-22)18-37-25-7-3-6-24(31)16-25/h2-17H,18H2,1H3,(H,33,35)(H,34,36). The second kappa shape index (κ2) is 12.5. The van der Waals surface area contributed by atoms with Gasteiger partial charge in [0, 0.05) is 20.7 Å². The third-order valence-electron chi connectivity index (χ3n) is 5.31. The van der Waals surface area contributed by atoms with Crippen molar-refractivity contribution in [1.29, 1.82) is 0 Å². The molecule has 37 heavy (non-hydrogen) atoms. The number of benzene rings is 4. The Morgan fingerprint density at radius 1 is 0.946 bits per heavy atom. The number of hydrazone groups is 1. The summed E-state index contributed by atoms with van der Waals surface area (Å²) in [6.07, 6.45) is 1.56. The van der Waals surface area contributed by atoms with E-state index >= 15 is 0 Å². The molecule has 0 fully saturated rings. The van der Waals surface area contributed by atoms with Gasteiger partial charge in [0.25, 0.3) is 11.8 Å². The lowest BCUT2D eigenvalue weighted by atomic mass is 10.1. The Labute approximate surface area is 227 Å². The molecule has 0 atom stereocenters. The van der Waals surface area contributed by atoms with E-state index in [1.807, 2.05) is 49.4 Å². The smallest absolute Gasteiger partial charge is 0.273 e. The van der Waals surface area contributed by atoms with Crippen LogP contribution in [-0.4, -0.2) is 18.0 Å². The summed E-state index contributed by atoms with van der Waals surface area (Å²) in [5, 5.41) is 6.86. The number of rotatable bonds is 8. The number of thioether (sulfide) groups is 1. The third-order valence-corrected chi connectivity index (χ3v) is 6.87. The Kier molecular flexibility index (Phi) is 8.87. The summed E-state index contributed by atoms with van der Waals surface area (Å²) in [5.41, 5.74) is 6.55. The quantitative estimate of drug-likeness (QED) is 0.132. The average molecular weight is 576 g/mol. The zero-order chi connectivity index (χ0) is 26.2. The van der Waals surface area contributed by atoms with Crippen LogP contribution in [0.25, 0.3) is 0 Å². The molecular formula is C29H23BrFN3O2S. The molecule has 8 heteroatoms. The second-order valence-corrected chi connectivity index (χ2v) is 10.2. The van der Waals surface area contributed by atoms with Crippen LogP contribution < -0.4 is 10.7 Å². The van der Waals surface area contributed by atoms with Crippen LogP contribution in [0.2, 0.25) is 0 Å². The first-order valence-electron chi connectivity index (χ1n) is 11.4. The highest BCUT2D eigenvalue weighted by Crippen LogP contribution is 2.25. The number of carbonyl (C=O) groups excluding carboxylic acids is 2. The molecule has 0 aliphatic rings. The first kappa shape index (κ1) is 26.3. The monoisotopic (exact) mass is 575 g/mol. The molecule has 5 nitrogen and oxygen atoms in total. The normalized spacial score (nSPS) is 10.9. The lowest BCUT2D eigenvalue weighted by Gasteiger charge is -2.11. The minimum absolute atomic E-state index is 0.268. The van der Waals surface area contributed by atoms with Gasteiger partial charge < -0.3 is 5.32 Å². The van der Waals surface area contributed by atoms with Crippen molar-refractivity contribution < 1.29 is 14.0 Å². The fraction of sp³-hybridized carbons (Fsp3) is 0.0690. The van der Waals surface area contributed by atoms with Gasteiger partial charge in [0.2, 0.25) is 0 Å². The number of nitrogens with one attached hydrogen (secondary N) is 2. The summed E-state index contributed by atoms with van der Waals surface area (Å²) in [4.78, 5) is 26.6. The Bertz CT molecular complexity index is 1460. The molecule has 2 N–H and O–H groups in total. The number of hydrogen-bond acceptors (Lipinski definition) is 4. The predicted octanol–water partition coefficient (Wildman–Crippen LogP) is 7.21. The molecule has 0 aliphatic heterocycles. The third kappa shape index (κ3) is 7.62. The van der Waals surface area contributed by atoms with E-state index < -0.39 is 5.91 Å². The Morgan fingerprint density at radius 2 is 1.73 bits per heavy atom. The molecule has 0 aliphatic carbocycles. The molecule has 4 rings (SSSR count). The van der Waals surface area contributed by atoms with E-state index in [-0.39, 0.29) is 17.3 Å². The summed E-state index contributed by atoms with van der Waals surface area (Å²) in [5.74, 6) is -0.420. The first-order chi connectivity index (χ1) is 17.9. The summed E-state index contributed by atoms with van der Waals surface area (Å²) < 4.78 is 14.1. The Hall–Kier alpha value is -3.75. The lowest BCUT2D eigenvalue weighted by Crippen LogP contribution is -2.21. The number of amides is 2. The summed E-state index contributed by atoms with van der Waals surface area (Å²) in [7, 11) is 0. The van der Waals surface area contributed by atoms with Crippen LogP contribution in [0.15, 0.2) is 105 Å². The predicted molar refractivity (Wildman–Crippen MR) is 151 cm³/mol. The molecule has 0 bridgehead atoms. The van der Waals surface area contributed by atoms with Gasteiger partial charge in [0.1, 0.15) is 5.82 Å². The molecular weight excluding hydrogens is 553 g/mol. The molecule has 0 saturated heterocycles. The van der Waals surface area contributed by atoms with Crippen molar-refractivity contribution >= 4 is 51.4 Å². The number of halogens is 2. The zero-order valence-electron chi connectivity index (χ0n) is 19.9. The highest BCUT2D eigenvalue weighted by Gasteiger charge is 2.15. The summed E-state index contributed by atoms with van der Waals surface area (Å²) in [6, 6.07) is 26.4. The topological polar surface area (TPSA) is 70.6 Å². The molecule has 0 radical (unpaired) electrons. The number of nitrogens with zero attached hydrogens (tertiary/aromatic N) is 1. The lowest BCUT2D eigenvalue weighted by molar-refractivity contribution is 0.0956. The maximum absolute atomic E-state index is 13.4. The van der Waals surface area contributed by atoms with Gasteiger partial charge in [0.05, 0.1) is 17.5 Å². The van der Waals surface area contributed by atoms with E-state index in [1.54, 1.807) is 42.6 Å². The van der Waals surface area contributed by atoms with Crippen LogP contribution >= 0.6 is 27.7 Å². The highest BCUT2D eigenvalue weighted by molar-refractivity contribution is 9.10. The van der Waals surface area contributed by atoms with E-state index in [0.29, 0.717) is 21.5 Å². The van der Waals surface area contributed by atoms with E-state index in [1.165, 1.54) is 23.9 Å².